The smallest absolute Gasteiger partial charge is 0.123 e. The second kappa shape index (κ2) is 3.88. The molecule has 1 aromatic heterocycles. The maximum absolute atomic E-state index is 12.9. The SMILES string of the molecule is Fc1ccc(Br)c(Cn2ccnn2)c1. The van der Waals surface area contributed by atoms with Gasteiger partial charge in [0.1, 0.15) is 5.82 Å². The molecule has 0 saturated heterocycles. The van der Waals surface area contributed by atoms with Crippen molar-refractivity contribution in [2.75, 3.05) is 0 Å². The molecule has 72 valence electrons. The first-order chi connectivity index (χ1) is 6.75. The third-order valence-corrected chi connectivity index (χ3v) is 2.59. The Hall–Kier alpha value is -1.23. The summed E-state index contributed by atoms with van der Waals surface area (Å²) < 4.78 is 15.4. The molecule has 2 aromatic rings. The van der Waals surface area contributed by atoms with Gasteiger partial charge < -0.3 is 0 Å². The molecule has 1 heterocycles. The summed E-state index contributed by atoms with van der Waals surface area (Å²) in [5.41, 5.74) is 0.843. The van der Waals surface area contributed by atoms with Crippen LogP contribution in [0.1, 0.15) is 5.56 Å². The summed E-state index contributed by atoms with van der Waals surface area (Å²) in [6.07, 6.45) is 3.32. The maximum atomic E-state index is 12.9. The van der Waals surface area contributed by atoms with Gasteiger partial charge in [-0.15, -0.1) is 5.10 Å². The molecule has 0 spiro atoms. The molecule has 0 saturated carbocycles. The highest BCUT2D eigenvalue weighted by atomic mass is 79.9. The fourth-order valence-corrected chi connectivity index (χ4v) is 1.53. The van der Waals surface area contributed by atoms with Gasteiger partial charge in [0.25, 0.3) is 0 Å². The Morgan fingerprint density at radius 3 is 3.00 bits per heavy atom. The lowest BCUT2D eigenvalue weighted by Gasteiger charge is -2.03. The van der Waals surface area contributed by atoms with Crippen molar-refractivity contribution in [2.24, 2.45) is 0 Å². The zero-order valence-corrected chi connectivity index (χ0v) is 8.78. The largest absolute Gasteiger partial charge is 0.248 e. The highest BCUT2D eigenvalue weighted by molar-refractivity contribution is 9.10. The molecular formula is C9H7BrFN3. The van der Waals surface area contributed by atoms with Gasteiger partial charge in [-0.2, -0.15) is 0 Å². The van der Waals surface area contributed by atoms with Gasteiger partial charge in [-0.25, -0.2) is 9.07 Å². The van der Waals surface area contributed by atoms with E-state index in [0.717, 1.165) is 10.0 Å². The van der Waals surface area contributed by atoms with Gasteiger partial charge in [0.05, 0.1) is 12.7 Å². The fourth-order valence-electron chi connectivity index (χ4n) is 1.16. The summed E-state index contributed by atoms with van der Waals surface area (Å²) in [6, 6.07) is 4.57. The number of rotatable bonds is 2. The number of hydrogen-bond donors (Lipinski definition) is 0. The second-order valence-electron chi connectivity index (χ2n) is 2.84. The Morgan fingerprint density at radius 2 is 2.29 bits per heavy atom. The standard InChI is InChI=1S/C9H7BrFN3/c10-9-2-1-8(11)5-7(9)6-14-4-3-12-13-14/h1-5H,6H2. The Balaban J connectivity index is 2.28. The van der Waals surface area contributed by atoms with Crippen LogP contribution in [0.2, 0.25) is 0 Å². The molecule has 14 heavy (non-hydrogen) atoms. The minimum absolute atomic E-state index is 0.247. The normalized spacial score (nSPS) is 10.4. The Morgan fingerprint density at radius 1 is 1.43 bits per heavy atom. The molecule has 5 heteroatoms. The third-order valence-electron chi connectivity index (χ3n) is 1.81. The molecule has 1 aromatic carbocycles. The van der Waals surface area contributed by atoms with Crippen LogP contribution in [0.5, 0.6) is 0 Å². The van der Waals surface area contributed by atoms with Crippen LogP contribution in [0.4, 0.5) is 4.39 Å². The number of halogens is 2. The van der Waals surface area contributed by atoms with Gasteiger partial charge in [0.2, 0.25) is 0 Å². The highest BCUT2D eigenvalue weighted by Crippen LogP contribution is 2.18. The number of benzene rings is 1. The molecule has 0 aliphatic carbocycles. The molecule has 0 atom stereocenters. The van der Waals surface area contributed by atoms with Gasteiger partial charge in [-0.3, -0.25) is 0 Å². The molecule has 0 bridgehead atoms. The van der Waals surface area contributed by atoms with Crippen LogP contribution in [0.25, 0.3) is 0 Å². The zero-order chi connectivity index (χ0) is 9.97. The quantitative estimate of drug-likeness (QED) is 0.824. The monoisotopic (exact) mass is 255 g/mol. The summed E-state index contributed by atoms with van der Waals surface area (Å²) in [5, 5.41) is 7.48. The molecule has 0 amide bonds. The molecule has 0 radical (unpaired) electrons. The first-order valence-corrected chi connectivity index (χ1v) is 4.83. The first-order valence-electron chi connectivity index (χ1n) is 4.04. The lowest BCUT2D eigenvalue weighted by Crippen LogP contribution is -2.01. The van der Waals surface area contributed by atoms with Gasteiger partial charge in [-0.1, -0.05) is 21.1 Å². The van der Waals surface area contributed by atoms with Crippen LogP contribution >= 0.6 is 15.9 Å². The van der Waals surface area contributed by atoms with Crippen molar-refractivity contribution in [2.45, 2.75) is 6.54 Å². The Labute approximate surface area is 88.7 Å². The average molecular weight is 256 g/mol. The predicted octanol–water partition coefficient (Wildman–Crippen LogP) is 2.23. The lowest BCUT2D eigenvalue weighted by molar-refractivity contribution is 0.613. The van der Waals surface area contributed by atoms with Crippen LogP contribution in [0, 0.1) is 5.82 Å². The molecular weight excluding hydrogens is 249 g/mol. The van der Waals surface area contributed by atoms with E-state index in [0.29, 0.717) is 6.54 Å². The summed E-state index contributed by atoms with van der Waals surface area (Å²) >= 11 is 3.35. The number of aromatic nitrogens is 3. The number of nitrogens with zero attached hydrogens (tertiary/aromatic N) is 3. The summed E-state index contributed by atoms with van der Waals surface area (Å²) in [7, 11) is 0. The third kappa shape index (κ3) is 1.98. The van der Waals surface area contributed by atoms with E-state index in [1.54, 1.807) is 23.1 Å². The predicted molar refractivity (Wildman–Crippen MR) is 53.2 cm³/mol. The van der Waals surface area contributed by atoms with Crippen molar-refractivity contribution in [1.29, 1.82) is 0 Å². The van der Waals surface area contributed by atoms with Crippen LogP contribution < -0.4 is 0 Å². The summed E-state index contributed by atoms with van der Waals surface area (Å²) in [5.74, 6) is -0.247. The van der Waals surface area contributed by atoms with E-state index in [2.05, 4.69) is 26.2 Å². The first kappa shape index (κ1) is 9.33. The molecule has 3 nitrogen and oxygen atoms in total. The maximum Gasteiger partial charge on any atom is 0.123 e. The van der Waals surface area contributed by atoms with Crippen molar-refractivity contribution in [1.82, 2.24) is 15.0 Å². The van der Waals surface area contributed by atoms with Crippen molar-refractivity contribution < 1.29 is 4.39 Å². The van der Waals surface area contributed by atoms with E-state index in [9.17, 15) is 4.39 Å². The van der Waals surface area contributed by atoms with Crippen molar-refractivity contribution in [3.05, 3.63) is 46.4 Å². The van der Waals surface area contributed by atoms with E-state index < -0.39 is 0 Å². The molecule has 0 aliphatic heterocycles. The van der Waals surface area contributed by atoms with E-state index in [1.165, 1.54) is 12.1 Å². The van der Waals surface area contributed by atoms with E-state index >= 15 is 0 Å². The van der Waals surface area contributed by atoms with Crippen molar-refractivity contribution >= 4 is 15.9 Å². The van der Waals surface area contributed by atoms with E-state index in [4.69, 9.17) is 0 Å². The van der Waals surface area contributed by atoms with Gasteiger partial charge in [-0.05, 0) is 23.8 Å². The molecule has 0 fully saturated rings. The van der Waals surface area contributed by atoms with Gasteiger partial charge >= 0.3 is 0 Å². The van der Waals surface area contributed by atoms with E-state index in [1.807, 2.05) is 0 Å². The fraction of sp³-hybridized carbons (Fsp3) is 0.111. The number of hydrogen-bond acceptors (Lipinski definition) is 2. The van der Waals surface area contributed by atoms with Gasteiger partial charge in [0, 0.05) is 10.7 Å². The topological polar surface area (TPSA) is 30.7 Å². The minimum atomic E-state index is -0.247. The average Bonchev–Trinajstić information content (AvgIpc) is 2.64. The molecule has 0 unspecified atom stereocenters. The Kier molecular flexibility index (Phi) is 2.58. The summed E-state index contributed by atoms with van der Waals surface area (Å²) in [6.45, 7) is 0.512. The lowest BCUT2D eigenvalue weighted by atomic mass is 10.2. The molecule has 0 N–H and O–H groups in total. The van der Waals surface area contributed by atoms with Crippen LogP contribution in [-0.4, -0.2) is 15.0 Å². The van der Waals surface area contributed by atoms with E-state index in [-0.39, 0.29) is 5.82 Å². The van der Waals surface area contributed by atoms with Crippen LogP contribution in [0.15, 0.2) is 35.1 Å². The van der Waals surface area contributed by atoms with Crippen LogP contribution in [-0.2, 0) is 6.54 Å². The van der Waals surface area contributed by atoms with Crippen LogP contribution in [0.3, 0.4) is 0 Å². The van der Waals surface area contributed by atoms with Gasteiger partial charge in [0.15, 0.2) is 0 Å². The molecule has 0 aliphatic rings. The Bertz CT molecular complexity index is 428. The highest BCUT2D eigenvalue weighted by Gasteiger charge is 2.02. The summed E-state index contributed by atoms with van der Waals surface area (Å²) in [4.78, 5) is 0. The zero-order valence-electron chi connectivity index (χ0n) is 7.19. The molecule has 2 rings (SSSR count). The van der Waals surface area contributed by atoms with Crippen molar-refractivity contribution in [3.8, 4) is 0 Å². The second-order valence-corrected chi connectivity index (χ2v) is 3.69. The van der Waals surface area contributed by atoms with Crippen molar-refractivity contribution in [3.63, 3.8) is 0 Å². The minimum Gasteiger partial charge on any atom is -0.248 e.